The van der Waals surface area contributed by atoms with Gasteiger partial charge < -0.3 is 34.0 Å². The lowest BCUT2D eigenvalue weighted by Crippen LogP contribution is -3.00. The van der Waals surface area contributed by atoms with Crippen LogP contribution in [0.2, 0.25) is 0 Å². The van der Waals surface area contributed by atoms with Crippen molar-refractivity contribution in [3.05, 3.63) is 59.4 Å². The van der Waals surface area contributed by atoms with Gasteiger partial charge in [-0.3, -0.25) is 4.79 Å². The number of aromatic nitrogens is 1. The van der Waals surface area contributed by atoms with Crippen LogP contribution < -0.4 is 38.6 Å². The van der Waals surface area contributed by atoms with Crippen molar-refractivity contribution in [2.75, 3.05) is 6.61 Å². The molecular formula is C27H41IN2O2. The molecule has 0 atom stereocenters. The van der Waals surface area contributed by atoms with E-state index in [9.17, 15) is 4.79 Å². The molecule has 0 aliphatic carbocycles. The van der Waals surface area contributed by atoms with Crippen molar-refractivity contribution in [3.8, 4) is 5.75 Å². The molecule has 0 aliphatic rings. The Labute approximate surface area is 212 Å². The molecule has 0 saturated carbocycles. The maximum atomic E-state index is 12.3. The number of nitrogens with one attached hydrogen (secondary N) is 1. The van der Waals surface area contributed by atoms with Crippen LogP contribution in [0.4, 0.5) is 0 Å². The second kappa shape index (κ2) is 16.9. The normalized spacial score (nSPS) is 10.5. The molecule has 5 heteroatoms. The number of halogens is 1. The predicted molar refractivity (Wildman–Crippen MR) is 127 cm³/mol. The van der Waals surface area contributed by atoms with Crippen molar-refractivity contribution >= 4 is 5.91 Å². The summed E-state index contributed by atoms with van der Waals surface area (Å²) >= 11 is 0. The minimum atomic E-state index is -0.0544. The molecule has 2 aromatic rings. The molecule has 1 aromatic carbocycles. The third-order valence-electron chi connectivity index (χ3n) is 5.76. The second-order valence-corrected chi connectivity index (χ2v) is 8.55. The molecular weight excluding hydrogens is 511 g/mol. The van der Waals surface area contributed by atoms with Gasteiger partial charge in [-0.05, 0) is 36.6 Å². The molecule has 1 amide bonds. The zero-order valence-electron chi connectivity index (χ0n) is 20.2. The molecule has 4 nitrogen and oxygen atoms in total. The minimum Gasteiger partial charge on any atom is -1.00 e. The van der Waals surface area contributed by atoms with Crippen LogP contribution in [-0.4, -0.2) is 12.5 Å². The highest BCUT2D eigenvalue weighted by atomic mass is 127. The number of amides is 1. The Morgan fingerprint density at radius 1 is 0.906 bits per heavy atom. The highest BCUT2D eigenvalue weighted by Gasteiger charge is 2.08. The van der Waals surface area contributed by atoms with E-state index in [1.807, 2.05) is 42.2 Å². The lowest BCUT2D eigenvalue weighted by molar-refractivity contribution is -0.671. The van der Waals surface area contributed by atoms with Crippen LogP contribution in [0.25, 0.3) is 0 Å². The highest BCUT2D eigenvalue weighted by Crippen LogP contribution is 2.18. The number of unbranched alkanes of at least 4 members (excludes halogenated alkanes) is 9. The fourth-order valence-electron chi connectivity index (χ4n) is 3.67. The molecule has 0 bridgehead atoms. The predicted octanol–water partition coefficient (Wildman–Crippen LogP) is 3.05. The van der Waals surface area contributed by atoms with E-state index < -0.39 is 0 Å². The molecule has 0 spiro atoms. The summed E-state index contributed by atoms with van der Waals surface area (Å²) in [6, 6.07) is 9.78. The summed E-state index contributed by atoms with van der Waals surface area (Å²) in [5.74, 6) is 0.861. The lowest BCUT2D eigenvalue weighted by atomic mass is 10.1. The first kappa shape index (κ1) is 28.4. The van der Waals surface area contributed by atoms with E-state index >= 15 is 0 Å². The van der Waals surface area contributed by atoms with Gasteiger partial charge in [0.25, 0.3) is 5.91 Å². The Morgan fingerprint density at radius 3 is 2.09 bits per heavy atom. The fourth-order valence-corrected chi connectivity index (χ4v) is 3.67. The van der Waals surface area contributed by atoms with Crippen LogP contribution in [0.1, 0.15) is 92.6 Å². The van der Waals surface area contributed by atoms with Gasteiger partial charge in [-0.15, -0.1) is 0 Å². The first-order valence-electron chi connectivity index (χ1n) is 12.1. The average molecular weight is 553 g/mol. The Morgan fingerprint density at radius 2 is 1.50 bits per heavy atom. The number of benzene rings is 1. The van der Waals surface area contributed by atoms with E-state index in [1.54, 1.807) is 0 Å². The zero-order valence-corrected chi connectivity index (χ0v) is 22.3. The molecule has 1 heterocycles. The minimum absolute atomic E-state index is 0. The summed E-state index contributed by atoms with van der Waals surface area (Å²) < 4.78 is 7.84. The molecule has 0 fully saturated rings. The van der Waals surface area contributed by atoms with E-state index in [2.05, 4.69) is 31.3 Å². The maximum absolute atomic E-state index is 12.3. The van der Waals surface area contributed by atoms with Crippen molar-refractivity contribution < 1.29 is 38.1 Å². The first-order valence-corrected chi connectivity index (χ1v) is 12.1. The first-order chi connectivity index (χ1) is 15.1. The third-order valence-corrected chi connectivity index (χ3v) is 5.76. The molecule has 0 saturated heterocycles. The summed E-state index contributed by atoms with van der Waals surface area (Å²) in [5, 5.41) is 3.00. The molecule has 0 aliphatic heterocycles. The summed E-state index contributed by atoms with van der Waals surface area (Å²) in [7, 11) is 1.94. The number of aryl methyl sites for hydroxylation is 2. The second-order valence-electron chi connectivity index (χ2n) is 8.55. The van der Waals surface area contributed by atoms with E-state index in [1.165, 1.54) is 57.8 Å². The Hall–Kier alpha value is -1.63. The Balaban J connectivity index is 0.00000512. The number of rotatable bonds is 15. The number of hydrogen-bond donors (Lipinski definition) is 1. The molecule has 1 N–H and O–H groups in total. The van der Waals surface area contributed by atoms with Gasteiger partial charge in [-0.2, -0.15) is 0 Å². The smallest absolute Gasteiger partial charge is 0.252 e. The van der Waals surface area contributed by atoms with Crippen LogP contribution in [-0.2, 0) is 13.6 Å². The van der Waals surface area contributed by atoms with Gasteiger partial charge in [0.05, 0.1) is 12.2 Å². The van der Waals surface area contributed by atoms with Crippen molar-refractivity contribution in [2.24, 2.45) is 7.05 Å². The van der Waals surface area contributed by atoms with Gasteiger partial charge in [0, 0.05) is 18.7 Å². The number of nitrogens with zero attached hydrogens (tertiary/aromatic N) is 1. The standard InChI is InChI=1S/C27H40N2O2.HI/c1-4-5-6-7-8-9-10-11-12-13-20-31-26-15-14-25(23(2)21-26)22-28-27(30)24-16-18-29(3)19-17-24;/h14-19,21H,4-13,20,22H2,1-3H3;1H. The molecule has 0 unspecified atom stereocenters. The van der Waals surface area contributed by atoms with E-state index in [0.29, 0.717) is 12.1 Å². The maximum Gasteiger partial charge on any atom is 0.252 e. The number of hydrogen-bond acceptors (Lipinski definition) is 2. The van der Waals surface area contributed by atoms with Gasteiger partial charge in [0.2, 0.25) is 0 Å². The third kappa shape index (κ3) is 11.3. The van der Waals surface area contributed by atoms with Crippen LogP contribution in [0.15, 0.2) is 42.7 Å². The fraction of sp³-hybridized carbons (Fsp3) is 0.556. The van der Waals surface area contributed by atoms with E-state index in [4.69, 9.17) is 4.74 Å². The van der Waals surface area contributed by atoms with Crippen LogP contribution >= 0.6 is 0 Å². The van der Waals surface area contributed by atoms with Gasteiger partial charge in [0.15, 0.2) is 12.4 Å². The Kier molecular flexibility index (Phi) is 15.0. The molecule has 178 valence electrons. The molecule has 0 radical (unpaired) electrons. The van der Waals surface area contributed by atoms with Crippen molar-refractivity contribution in [2.45, 2.75) is 84.6 Å². The van der Waals surface area contributed by atoms with Gasteiger partial charge in [-0.25, -0.2) is 4.57 Å². The summed E-state index contributed by atoms with van der Waals surface area (Å²) in [6.45, 7) is 5.63. The molecule has 1 aromatic heterocycles. The van der Waals surface area contributed by atoms with Crippen LogP contribution in [0.5, 0.6) is 5.75 Å². The van der Waals surface area contributed by atoms with Gasteiger partial charge in [-0.1, -0.05) is 70.8 Å². The topological polar surface area (TPSA) is 42.2 Å². The summed E-state index contributed by atoms with van der Waals surface area (Å²) in [5.41, 5.74) is 2.92. The number of pyridine rings is 1. The number of ether oxygens (including phenoxy) is 1. The molecule has 2 rings (SSSR count). The quantitative estimate of drug-likeness (QED) is 0.210. The van der Waals surface area contributed by atoms with E-state index in [0.717, 1.165) is 29.9 Å². The largest absolute Gasteiger partial charge is 1.00 e. The van der Waals surface area contributed by atoms with Crippen molar-refractivity contribution in [1.29, 1.82) is 0 Å². The highest BCUT2D eigenvalue weighted by molar-refractivity contribution is 5.93. The van der Waals surface area contributed by atoms with Crippen LogP contribution in [0.3, 0.4) is 0 Å². The Bertz CT molecular complexity index is 778. The monoisotopic (exact) mass is 552 g/mol. The van der Waals surface area contributed by atoms with Crippen LogP contribution in [0, 0.1) is 6.92 Å². The van der Waals surface area contributed by atoms with E-state index in [-0.39, 0.29) is 29.9 Å². The summed E-state index contributed by atoms with van der Waals surface area (Å²) in [4.78, 5) is 12.3. The zero-order chi connectivity index (χ0) is 22.3. The van der Waals surface area contributed by atoms with Gasteiger partial charge >= 0.3 is 0 Å². The SMILES string of the molecule is CCCCCCCCCCCCOc1ccc(CNC(=O)c2cc[n+](C)cc2)c(C)c1.[I-]. The number of carbonyl (C=O) groups is 1. The van der Waals surface area contributed by atoms with Crippen molar-refractivity contribution in [3.63, 3.8) is 0 Å². The van der Waals surface area contributed by atoms with Crippen molar-refractivity contribution in [1.82, 2.24) is 5.32 Å². The number of carbonyl (C=O) groups excluding carboxylic acids is 1. The van der Waals surface area contributed by atoms with Gasteiger partial charge in [0.1, 0.15) is 12.8 Å². The molecule has 32 heavy (non-hydrogen) atoms. The summed E-state index contributed by atoms with van der Waals surface area (Å²) in [6.07, 6.45) is 17.1. The average Bonchev–Trinajstić information content (AvgIpc) is 2.77. The lowest BCUT2D eigenvalue weighted by Gasteiger charge is -2.11.